The number of morpholine rings is 1. The first-order valence-electron chi connectivity index (χ1n) is 4.66. The van der Waals surface area contributed by atoms with Crippen LogP contribution in [0.5, 0.6) is 0 Å². The van der Waals surface area contributed by atoms with E-state index in [9.17, 15) is 0 Å². The molecule has 11 heavy (non-hydrogen) atoms. The Hall–Kier alpha value is -0.0800. The fraction of sp³-hybridized carbons (Fsp3) is 1.00. The van der Waals surface area contributed by atoms with Crippen molar-refractivity contribution in [3.8, 4) is 0 Å². The highest BCUT2D eigenvalue weighted by molar-refractivity contribution is 4.92. The molecular formula is C9H17NO. The summed E-state index contributed by atoms with van der Waals surface area (Å²) in [7, 11) is 0. The lowest BCUT2D eigenvalue weighted by Gasteiger charge is -2.45. The summed E-state index contributed by atoms with van der Waals surface area (Å²) in [6.07, 6.45) is 4.15. The maximum atomic E-state index is 5.81. The van der Waals surface area contributed by atoms with Gasteiger partial charge in [-0.2, -0.15) is 0 Å². The van der Waals surface area contributed by atoms with E-state index in [2.05, 4.69) is 12.2 Å². The first kappa shape index (κ1) is 7.56. The van der Waals surface area contributed by atoms with Gasteiger partial charge in [0.2, 0.25) is 0 Å². The Kier molecular flexibility index (Phi) is 1.90. The van der Waals surface area contributed by atoms with Crippen molar-refractivity contribution < 1.29 is 4.74 Å². The summed E-state index contributed by atoms with van der Waals surface area (Å²) in [5.74, 6) is 0.829. The molecule has 2 aliphatic rings. The van der Waals surface area contributed by atoms with Crippen molar-refractivity contribution in [2.45, 2.75) is 31.8 Å². The second-order valence-corrected chi connectivity index (χ2v) is 3.97. The molecule has 0 aromatic carbocycles. The van der Waals surface area contributed by atoms with Crippen LogP contribution in [0.1, 0.15) is 26.2 Å². The zero-order valence-electron chi connectivity index (χ0n) is 7.23. The number of hydrogen-bond acceptors (Lipinski definition) is 2. The summed E-state index contributed by atoms with van der Waals surface area (Å²) in [6.45, 7) is 5.23. The fourth-order valence-electron chi connectivity index (χ4n) is 2.03. The van der Waals surface area contributed by atoms with Gasteiger partial charge in [0.25, 0.3) is 0 Å². The van der Waals surface area contributed by atoms with Gasteiger partial charge in [-0.3, -0.25) is 0 Å². The van der Waals surface area contributed by atoms with Gasteiger partial charge in [0.15, 0.2) is 0 Å². The van der Waals surface area contributed by atoms with E-state index in [0.717, 1.165) is 25.6 Å². The molecule has 64 valence electrons. The van der Waals surface area contributed by atoms with Gasteiger partial charge in [-0.25, -0.2) is 0 Å². The van der Waals surface area contributed by atoms with Crippen LogP contribution in [0.25, 0.3) is 0 Å². The zero-order chi connectivity index (χ0) is 7.73. The molecule has 1 atom stereocenters. The van der Waals surface area contributed by atoms with E-state index in [1.54, 1.807) is 0 Å². The molecule has 0 aromatic heterocycles. The molecule has 0 radical (unpaired) electrons. The van der Waals surface area contributed by atoms with E-state index in [1.807, 2.05) is 0 Å². The summed E-state index contributed by atoms with van der Waals surface area (Å²) in [5.41, 5.74) is 0.163. The molecule has 1 N–H and O–H groups in total. The third kappa shape index (κ3) is 1.30. The van der Waals surface area contributed by atoms with Gasteiger partial charge in [-0.15, -0.1) is 0 Å². The van der Waals surface area contributed by atoms with Gasteiger partial charge in [0, 0.05) is 13.1 Å². The van der Waals surface area contributed by atoms with Crippen LogP contribution in [-0.2, 0) is 4.74 Å². The smallest absolute Gasteiger partial charge is 0.0806 e. The molecule has 1 heterocycles. The van der Waals surface area contributed by atoms with Gasteiger partial charge >= 0.3 is 0 Å². The van der Waals surface area contributed by atoms with Crippen molar-refractivity contribution in [1.29, 1.82) is 0 Å². The second-order valence-electron chi connectivity index (χ2n) is 3.97. The number of rotatable bonds is 1. The Bertz CT molecular complexity index is 136. The van der Waals surface area contributed by atoms with Gasteiger partial charge in [-0.05, 0) is 25.7 Å². The topological polar surface area (TPSA) is 21.3 Å². The van der Waals surface area contributed by atoms with Gasteiger partial charge in [0.1, 0.15) is 0 Å². The molecule has 0 aromatic rings. The van der Waals surface area contributed by atoms with E-state index in [0.29, 0.717) is 0 Å². The summed E-state index contributed by atoms with van der Waals surface area (Å²) in [6, 6.07) is 0. The maximum Gasteiger partial charge on any atom is 0.0806 e. The molecule has 2 fully saturated rings. The molecule has 1 saturated carbocycles. The molecule has 2 nitrogen and oxygen atoms in total. The highest BCUT2D eigenvalue weighted by Gasteiger charge is 2.39. The van der Waals surface area contributed by atoms with Crippen LogP contribution in [0, 0.1) is 5.92 Å². The summed E-state index contributed by atoms with van der Waals surface area (Å²) in [5, 5.41) is 3.40. The highest BCUT2D eigenvalue weighted by atomic mass is 16.5. The van der Waals surface area contributed by atoms with Crippen LogP contribution in [0.2, 0.25) is 0 Å². The van der Waals surface area contributed by atoms with Gasteiger partial charge in [-0.1, -0.05) is 6.42 Å². The summed E-state index contributed by atoms with van der Waals surface area (Å²) < 4.78 is 5.81. The Morgan fingerprint density at radius 2 is 2.27 bits per heavy atom. The van der Waals surface area contributed by atoms with Crippen LogP contribution in [-0.4, -0.2) is 25.3 Å². The van der Waals surface area contributed by atoms with Crippen LogP contribution in [0.15, 0.2) is 0 Å². The fourth-order valence-corrected chi connectivity index (χ4v) is 2.03. The first-order chi connectivity index (χ1) is 5.31. The van der Waals surface area contributed by atoms with Crippen molar-refractivity contribution in [1.82, 2.24) is 5.32 Å². The van der Waals surface area contributed by atoms with E-state index in [4.69, 9.17) is 4.74 Å². The molecular weight excluding hydrogens is 138 g/mol. The average Bonchev–Trinajstić information content (AvgIpc) is 1.83. The molecule has 0 unspecified atom stereocenters. The Morgan fingerprint density at radius 3 is 2.73 bits per heavy atom. The lowest BCUT2D eigenvalue weighted by atomic mass is 9.73. The third-order valence-electron chi connectivity index (χ3n) is 3.16. The Balaban J connectivity index is 1.94. The standard InChI is InChI=1S/C9H17NO/c1-9(8-3-2-4-8)7-10-5-6-11-9/h8,10H,2-7H2,1H3/t9-/m1/s1. The lowest BCUT2D eigenvalue weighted by Crippen LogP contribution is -2.54. The first-order valence-corrected chi connectivity index (χ1v) is 4.66. The minimum Gasteiger partial charge on any atom is -0.372 e. The molecule has 0 bridgehead atoms. The average molecular weight is 155 g/mol. The zero-order valence-corrected chi connectivity index (χ0v) is 7.23. The lowest BCUT2D eigenvalue weighted by molar-refractivity contribution is -0.111. The van der Waals surface area contributed by atoms with Crippen molar-refractivity contribution in [2.24, 2.45) is 5.92 Å². The van der Waals surface area contributed by atoms with Crippen LogP contribution in [0.3, 0.4) is 0 Å². The van der Waals surface area contributed by atoms with Gasteiger partial charge < -0.3 is 10.1 Å². The molecule has 2 heteroatoms. The monoisotopic (exact) mass is 155 g/mol. The SMILES string of the molecule is C[C@]1(C2CCC2)CNCCO1. The minimum absolute atomic E-state index is 0.163. The predicted molar refractivity (Wildman–Crippen MR) is 44.6 cm³/mol. The molecule has 0 amide bonds. The van der Waals surface area contributed by atoms with Gasteiger partial charge in [0.05, 0.1) is 12.2 Å². The molecule has 1 saturated heterocycles. The molecule has 2 rings (SSSR count). The number of hydrogen-bond donors (Lipinski definition) is 1. The minimum atomic E-state index is 0.163. The van der Waals surface area contributed by atoms with Crippen LogP contribution in [0.4, 0.5) is 0 Å². The normalized spacial score (nSPS) is 40.1. The van der Waals surface area contributed by atoms with Crippen molar-refractivity contribution in [3.63, 3.8) is 0 Å². The second kappa shape index (κ2) is 2.76. The largest absolute Gasteiger partial charge is 0.372 e. The van der Waals surface area contributed by atoms with E-state index in [1.165, 1.54) is 19.3 Å². The maximum absolute atomic E-state index is 5.81. The van der Waals surface area contributed by atoms with E-state index in [-0.39, 0.29) is 5.60 Å². The van der Waals surface area contributed by atoms with E-state index < -0.39 is 0 Å². The van der Waals surface area contributed by atoms with Crippen molar-refractivity contribution in [2.75, 3.05) is 19.7 Å². The quantitative estimate of drug-likeness (QED) is 0.613. The molecule has 1 aliphatic carbocycles. The predicted octanol–water partition coefficient (Wildman–Crippen LogP) is 1.17. The summed E-state index contributed by atoms with van der Waals surface area (Å²) in [4.78, 5) is 0. The Morgan fingerprint density at radius 1 is 1.45 bits per heavy atom. The number of ether oxygens (including phenoxy) is 1. The molecule has 0 spiro atoms. The Labute approximate surface area is 68.3 Å². The van der Waals surface area contributed by atoms with Crippen molar-refractivity contribution in [3.05, 3.63) is 0 Å². The summed E-state index contributed by atoms with van der Waals surface area (Å²) >= 11 is 0. The third-order valence-corrected chi connectivity index (χ3v) is 3.16. The highest BCUT2D eigenvalue weighted by Crippen LogP contribution is 2.38. The van der Waals surface area contributed by atoms with Crippen LogP contribution < -0.4 is 5.32 Å². The van der Waals surface area contributed by atoms with Crippen LogP contribution >= 0.6 is 0 Å². The van der Waals surface area contributed by atoms with E-state index >= 15 is 0 Å². The number of nitrogens with one attached hydrogen (secondary N) is 1. The van der Waals surface area contributed by atoms with Crippen molar-refractivity contribution >= 4 is 0 Å². The molecule has 1 aliphatic heterocycles.